The molecule has 1 spiro atoms. The number of carbonyl (C=O) groups excluding carboxylic acids is 2. The van der Waals surface area contributed by atoms with Gasteiger partial charge in [-0.3, -0.25) is 9.58 Å². The maximum Gasteiger partial charge on any atom is 0.410 e. The molecule has 2 aliphatic rings. The molecular formula is C32H37FN6O6. The molecular weight excluding hydrogens is 583 g/mol. The highest BCUT2D eigenvalue weighted by molar-refractivity contribution is 6.03. The molecule has 0 N–H and O–H groups in total. The van der Waals surface area contributed by atoms with E-state index in [1.165, 1.54) is 11.8 Å². The summed E-state index contributed by atoms with van der Waals surface area (Å²) >= 11 is 0. The van der Waals surface area contributed by atoms with Crippen LogP contribution in [0.4, 0.5) is 14.9 Å². The Morgan fingerprint density at radius 1 is 1.11 bits per heavy atom. The third kappa shape index (κ3) is 5.84. The Hall–Kier alpha value is -4.52. The number of methoxy groups -OCH3 is 1. The van der Waals surface area contributed by atoms with Crippen molar-refractivity contribution in [2.75, 3.05) is 45.0 Å². The van der Waals surface area contributed by atoms with Crippen molar-refractivity contribution in [3.8, 4) is 17.1 Å². The molecule has 1 amide bonds. The lowest BCUT2D eigenvalue weighted by atomic mass is 10.1. The van der Waals surface area contributed by atoms with Crippen molar-refractivity contribution in [1.82, 2.24) is 24.6 Å². The number of piperazine rings is 1. The quantitative estimate of drug-likeness (QED) is 0.204. The van der Waals surface area contributed by atoms with Gasteiger partial charge in [-0.15, -0.1) is 0 Å². The second kappa shape index (κ2) is 11.4. The molecule has 2 aromatic heterocycles. The first-order chi connectivity index (χ1) is 21.4. The first-order valence-corrected chi connectivity index (χ1v) is 15.0. The molecule has 2 aromatic carbocycles. The zero-order valence-corrected chi connectivity index (χ0v) is 26.3. The smallest absolute Gasteiger partial charge is 0.410 e. The van der Waals surface area contributed by atoms with E-state index in [9.17, 15) is 9.59 Å². The molecule has 12 nitrogen and oxygen atoms in total. The molecule has 238 valence electrons. The van der Waals surface area contributed by atoms with Crippen molar-refractivity contribution in [2.24, 2.45) is 7.05 Å². The Balaban J connectivity index is 1.40. The zero-order chi connectivity index (χ0) is 32.1. The Morgan fingerprint density at radius 2 is 1.89 bits per heavy atom. The number of hydrogen-bond acceptors (Lipinski definition) is 10. The number of amides is 1. The van der Waals surface area contributed by atoms with Crippen LogP contribution in [-0.4, -0.2) is 88.0 Å². The van der Waals surface area contributed by atoms with Crippen LogP contribution < -0.4 is 9.64 Å². The number of ether oxygens (including phenoxy) is 4. The van der Waals surface area contributed by atoms with Gasteiger partial charge >= 0.3 is 12.1 Å². The number of anilines is 1. The van der Waals surface area contributed by atoms with E-state index in [1.807, 2.05) is 43.9 Å². The fourth-order valence-electron chi connectivity index (χ4n) is 5.82. The van der Waals surface area contributed by atoms with Crippen molar-refractivity contribution < 1.29 is 32.9 Å². The number of halogens is 1. The van der Waals surface area contributed by atoms with Crippen molar-refractivity contribution in [3.05, 3.63) is 42.0 Å². The molecule has 1 aliphatic carbocycles. The predicted octanol–water partition coefficient (Wildman–Crippen LogP) is 5.07. The van der Waals surface area contributed by atoms with Gasteiger partial charge < -0.3 is 23.8 Å². The molecule has 2 fully saturated rings. The second-order valence-corrected chi connectivity index (χ2v) is 12.5. The average Bonchev–Trinajstić information content (AvgIpc) is 3.63. The SMILES string of the molecule is CCOC(=O)c1nc(-c2cc3cn(C)nc3c(F)c2OCOC)nc2ccc(N3CCN(C(=O)OC(C)(C)C)C4(CC4)C3)cc12. The van der Waals surface area contributed by atoms with Gasteiger partial charge in [-0.25, -0.2) is 23.9 Å². The average molecular weight is 621 g/mol. The lowest BCUT2D eigenvalue weighted by molar-refractivity contribution is 0.0106. The summed E-state index contributed by atoms with van der Waals surface area (Å²) in [6.45, 7) is 8.98. The molecule has 0 atom stereocenters. The third-order valence-corrected chi connectivity index (χ3v) is 7.98. The van der Waals surface area contributed by atoms with E-state index in [0.717, 1.165) is 18.5 Å². The molecule has 0 radical (unpaired) electrons. The summed E-state index contributed by atoms with van der Waals surface area (Å²) in [5.74, 6) is -1.35. The van der Waals surface area contributed by atoms with Crippen LogP contribution in [-0.2, 0) is 21.3 Å². The van der Waals surface area contributed by atoms with Gasteiger partial charge in [0, 0.05) is 56.4 Å². The van der Waals surface area contributed by atoms with Gasteiger partial charge in [0.25, 0.3) is 0 Å². The van der Waals surface area contributed by atoms with E-state index < -0.39 is 17.4 Å². The zero-order valence-electron chi connectivity index (χ0n) is 26.3. The largest absolute Gasteiger partial charge is 0.464 e. The van der Waals surface area contributed by atoms with Crippen LogP contribution in [0.25, 0.3) is 33.2 Å². The standard InChI is InChI=1S/C32H37FN6O6/c1-7-43-29(40)26-21-15-20(38-12-13-39(32(17-38)10-11-32)30(41)45-31(2,3)4)8-9-23(21)34-28(35-26)22-14-19-16-37(5)36-25(19)24(33)27(22)44-18-42-6/h8-9,14-16H,7,10-13,17-18H2,1-6H3. The van der Waals surface area contributed by atoms with Crippen LogP contribution in [0.5, 0.6) is 5.75 Å². The molecule has 4 aromatic rings. The van der Waals surface area contributed by atoms with Crippen molar-refractivity contribution in [2.45, 2.75) is 51.7 Å². The molecule has 1 saturated heterocycles. The van der Waals surface area contributed by atoms with Gasteiger partial charge in [0.2, 0.25) is 0 Å². The molecule has 1 saturated carbocycles. The fourth-order valence-corrected chi connectivity index (χ4v) is 5.82. The summed E-state index contributed by atoms with van der Waals surface area (Å²) in [5.41, 5.74) is 0.914. The van der Waals surface area contributed by atoms with Gasteiger partial charge in [-0.1, -0.05) is 0 Å². The summed E-state index contributed by atoms with van der Waals surface area (Å²) in [7, 11) is 3.13. The minimum Gasteiger partial charge on any atom is -0.464 e. The number of nitrogens with zero attached hydrogens (tertiary/aromatic N) is 6. The van der Waals surface area contributed by atoms with Gasteiger partial charge in [-0.05, 0) is 64.8 Å². The molecule has 45 heavy (non-hydrogen) atoms. The van der Waals surface area contributed by atoms with Crippen LogP contribution in [0, 0.1) is 5.82 Å². The lowest BCUT2D eigenvalue weighted by Gasteiger charge is -2.43. The van der Waals surface area contributed by atoms with Crippen LogP contribution in [0.1, 0.15) is 51.0 Å². The number of fused-ring (bicyclic) bond motifs is 2. The number of aryl methyl sites for hydroxylation is 1. The van der Waals surface area contributed by atoms with Crippen LogP contribution in [0.15, 0.2) is 30.5 Å². The Labute approximate surface area is 260 Å². The molecule has 3 heterocycles. The number of esters is 1. The maximum atomic E-state index is 15.7. The van der Waals surface area contributed by atoms with E-state index in [2.05, 4.69) is 15.0 Å². The summed E-state index contributed by atoms with van der Waals surface area (Å²) in [4.78, 5) is 39.7. The van der Waals surface area contributed by atoms with Crippen LogP contribution in [0.3, 0.4) is 0 Å². The fraction of sp³-hybridized carbons (Fsp3) is 0.469. The highest BCUT2D eigenvalue weighted by atomic mass is 19.1. The van der Waals surface area contributed by atoms with Crippen LogP contribution in [0.2, 0.25) is 0 Å². The summed E-state index contributed by atoms with van der Waals surface area (Å²) in [6, 6.07) is 7.30. The van der Waals surface area contributed by atoms with Crippen molar-refractivity contribution in [3.63, 3.8) is 0 Å². The van der Waals surface area contributed by atoms with Crippen molar-refractivity contribution >= 4 is 39.6 Å². The molecule has 13 heteroatoms. The predicted molar refractivity (Wildman–Crippen MR) is 165 cm³/mol. The Kier molecular flexibility index (Phi) is 7.76. The first kappa shape index (κ1) is 30.5. The number of benzene rings is 2. The first-order valence-electron chi connectivity index (χ1n) is 15.0. The summed E-state index contributed by atoms with van der Waals surface area (Å²) in [5, 5.41) is 5.22. The van der Waals surface area contributed by atoms with E-state index in [1.54, 1.807) is 26.2 Å². The van der Waals surface area contributed by atoms with Gasteiger partial charge in [-0.2, -0.15) is 5.10 Å². The normalized spacial score (nSPS) is 16.0. The molecule has 0 unspecified atom stereocenters. The van der Waals surface area contributed by atoms with Crippen molar-refractivity contribution in [1.29, 1.82) is 0 Å². The topological polar surface area (TPSA) is 121 Å². The Bertz CT molecular complexity index is 1800. The maximum absolute atomic E-state index is 15.7. The minimum atomic E-state index is -0.684. The lowest BCUT2D eigenvalue weighted by Crippen LogP contribution is -2.58. The monoisotopic (exact) mass is 620 g/mol. The van der Waals surface area contributed by atoms with Gasteiger partial charge in [0.05, 0.1) is 23.2 Å². The number of rotatable bonds is 7. The summed E-state index contributed by atoms with van der Waals surface area (Å²) in [6.07, 6.45) is 3.17. The Morgan fingerprint density at radius 3 is 2.58 bits per heavy atom. The number of aromatic nitrogens is 4. The van der Waals surface area contributed by atoms with Crippen LogP contribution >= 0.6 is 0 Å². The summed E-state index contributed by atoms with van der Waals surface area (Å²) < 4.78 is 38.9. The van der Waals surface area contributed by atoms with E-state index in [4.69, 9.17) is 23.9 Å². The minimum absolute atomic E-state index is 0.0524. The second-order valence-electron chi connectivity index (χ2n) is 12.5. The number of carbonyl (C=O) groups is 2. The third-order valence-electron chi connectivity index (χ3n) is 7.98. The molecule has 0 bridgehead atoms. The molecule has 6 rings (SSSR count). The van der Waals surface area contributed by atoms with E-state index in [-0.39, 0.29) is 53.4 Å². The van der Waals surface area contributed by atoms with Gasteiger partial charge in [0.15, 0.2) is 29.9 Å². The van der Waals surface area contributed by atoms with E-state index >= 15 is 4.39 Å². The van der Waals surface area contributed by atoms with Gasteiger partial charge in [0.1, 0.15) is 11.1 Å². The van der Waals surface area contributed by atoms with E-state index in [0.29, 0.717) is 35.9 Å². The highest BCUT2D eigenvalue weighted by Crippen LogP contribution is 2.46. The highest BCUT2D eigenvalue weighted by Gasteiger charge is 2.54. The number of hydrogen-bond donors (Lipinski definition) is 0. The molecule has 1 aliphatic heterocycles.